The smallest absolute Gasteiger partial charge is 0.239 e. The highest BCUT2D eigenvalue weighted by atomic mass is 79.9. The molecule has 2 amide bonds. The molecular weight excluding hydrogens is 526 g/mol. The van der Waals surface area contributed by atoms with Gasteiger partial charge < -0.3 is 4.74 Å². The summed E-state index contributed by atoms with van der Waals surface area (Å²) in [5, 5.41) is 0. The maximum atomic E-state index is 14.1. The normalized spacial score (nSPS) is 25.1. The lowest BCUT2D eigenvalue weighted by molar-refractivity contribution is -0.122. The minimum absolute atomic E-state index is 0.143. The summed E-state index contributed by atoms with van der Waals surface area (Å²) in [6, 6.07) is 29.6. The number of anilines is 1. The minimum Gasteiger partial charge on any atom is -0.457 e. The number of aryl methyl sites for hydroxylation is 1. The Morgan fingerprint density at radius 2 is 1.38 bits per heavy atom. The molecule has 0 radical (unpaired) electrons. The molecule has 0 unspecified atom stereocenters. The number of carbonyl (C=O) groups is 2. The molecule has 4 aromatic rings. The number of amides is 2. The molecule has 8 rings (SSSR count). The molecule has 0 N–H and O–H groups in total. The summed E-state index contributed by atoms with van der Waals surface area (Å²) in [6.45, 7) is 4.08. The molecule has 1 heterocycles. The highest BCUT2D eigenvalue weighted by Gasteiger charge is 2.67. The quantitative estimate of drug-likeness (QED) is 0.204. The zero-order chi connectivity index (χ0) is 25.5. The molecule has 3 aliphatic carbocycles. The van der Waals surface area contributed by atoms with Crippen LogP contribution < -0.4 is 9.64 Å². The Hall–Kier alpha value is -3.70. The van der Waals surface area contributed by atoms with Crippen molar-refractivity contribution >= 4 is 33.4 Å². The molecule has 2 bridgehead atoms. The highest BCUT2D eigenvalue weighted by Crippen LogP contribution is 2.66. The molecule has 0 saturated carbocycles. The Morgan fingerprint density at radius 1 is 0.757 bits per heavy atom. The summed E-state index contributed by atoms with van der Waals surface area (Å²) in [7, 11) is 0. The van der Waals surface area contributed by atoms with Gasteiger partial charge in [0.25, 0.3) is 0 Å². The summed E-state index contributed by atoms with van der Waals surface area (Å²) in [5.74, 6) is 0.0275. The SMILES string of the molecule is Cc1cccc(Oc2ccc(N3C(=O)[C@@H]4[C@@H](C3=O)C3c5ccccc5C4(Br)c4ccccc43)cc2)c1C. The molecule has 0 spiro atoms. The van der Waals surface area contributed by atoms with E-state index in [1.165, 1.54) is 4.90 Å². The average Bonchev–Trinajstić information content (AvgIpc) is 3.19. The van der Waals surface area contributed by atoms with E-state index in [1.54, 1.807) is 12.1 Å². The largest absolute Gasteiger partial charge is 0.457 e. The predicted molar refractivity (Wildman–Crippen MR) is 146 cm³/mol. The number of hydrogen-bond acceptors (Lipinski definition) is 3. The fourth-order valence-electron chi connectivity index (χ4n) is 6.56. The molecule has 1 aliphatic heterocycles. The second kappa shape index (κ2) is 7.90. The van der Waals surface area contributed by atoms with Gasteiger partial charge in [0, 0.05) is 5.92 Å². The first-order valence-corrected chi connectivity index (χ1v) is 13.3. The molecule has 2 atom stereocenters. The van der Waals surface area contributed by atoms with Crippen LogP contribution in [0.4, 0.5) is 5.69 Å². The average molecular weight is 550 g/mol. The van der Waals surface area contributed by atoms with E-state index in [2.05, 4.69) is 53.2 Å². The van der Waals surface area contributed by atoms with E-state index < -0.39 is 16.2 Å². The number of carbonyl (C=O) groups excluding carboxylic acids is 2. The monoisotopic (exact) mass is 549 g/mol. The van der Waals surface area contributed by atoms with Crippen LogP contribution in [-0.4, -0.2) is 11.8 Å². The van der Waals surface area contributed by atoms with Gasteiger partial charge in [-0.2, -0.15) is 0 Å². The van der Waals surface area contributed by atoms with Gasteiger partial charge in [0.2, 0.25) is 11.8 Å². The van der Waals surface area contributed by atoms with Crippen LogP contribution in [0.25, 0.3) is 0 Å². The van der Waals surface area contributed by atoms with E-state index in [0.717, 1.165) is 39.1 Å². The second-order valence-corrected chi connectivity index (χ2v) is 11.4. The third-order valence-electron chi connectivity index (χ3n) is 8.39. The van der Waals surface area contributed by atoms with Gasteiger partial charge >= 0.3 is 0 Å². The number of benzene rings is 4. The van der Waals surface area contributed by atoms with Crippen molar-refractivity contribution in [2.75, 3.05) is 4.90 Å². The zero-order valence-electron chi connectivity index (χ0n) is 20.4. The van der Waals surface area contributed by atoms with Gasteiger partial charge in [0.15, 0.2) is 0 Å². The molecule has 182 valence electrons. The molecule has 4 nitrogen and oxygen atoms in total. The van der Waals surface area contributed by atoms with Crippen LogP contribution in [0.3, 0.4) is 0 Å². The molecule has 1 fully saturated rings. The van der Waals surface area contributed by atoms with E-state index in [9.17, 15) is 9.59 Å². The van der Waals surface area contributed by atoms with Gasteiger partial charge in [0.05, 0.1) is 21.8 Å². The lowest BCUT2D eigenvalue weighted by Gasteiger charge is -2.51. The van der Waals surface area contributed by atoms with Crippen molar-refractivity contribution in [2.24, 2.45) is 11.8 Å². The van der Waals surface area contributed by atoms with Crippen molar-refractivity contribution in [1.82, 2.24) is 0 Å². The number of hydrogen-bond donors (Lipinski definition) is 0. The van der Waals surface area contributed by atoms with Gasteiger partial charge in [-0.05, 0) is 77.6 Å². The molecule has 5 heteroatoms. The maximum Gasteiger partial charge on any atom is 0.239 e. The summed E-state index contributed by atoms with van der Waals surface area (Å²) >= 11 is 4.05. The number of halogens is 1. The summed E-state index contributed by atoms with van der Waals surface area (Å²) in [5.41, 5.74) is 7.23. The van der Waals surface area contributed by atoms with Gasteiger partial charge in [0.1, 0.15) is 11.5 Å². The molecule has 37 heavy (non-hydrogen) atoms. The van der Waals surface area contributed by atoms with E-state index in [4.69, 9.17) is 4.74 Å². The van der Waals surface area contributed by atoms with Crippen molar-refractivity contribution in [3.05, 3.63) is 124 Å². The fourth-order valence-corrected chi connectivity index (χ4v) is 7.76. The van der Waals surface area contributed by atoms with E-state index in [1.807, 2.05) is 55.5 Å². The summed E-state index contributed by atoms with van der Waals surface area (Å²) in [6.07, 6.45) is 0. The Kier molecular flexibility index (Phi) is 4.80. The van der Waals surface area contributed by atoms with Gasteiger partial charge in [-0.15, -0.1) is 0 Å². The molecule has 4 aromatic carbocycles. The lowest BCUT2D eigenvalue weighted by atomic mass is 9.55. The number of rotatable bonds is 3. The molecule has 4 aliphatic rings. The van der Waals surface area contributed by atoms with Gasteiger partial charge in [-0.25, -0.2) is 4.90 Å². The first-order valence-electron chi connectivity index (χ1n) is 12.5. The Labute approximate surface area is 224 Å². The Balaban J connectivity index is 1.28. The topological polar surface area (TPSA) is 46.6 Å². The van der Waals surface area contributed by atoms with Crippen molar-refractivity contribution < 1.29 is 14.3 Å². The third-order valence-corrected chi connectivity index (χ3v) is 9.74. The van der Waals surface area contributed by atoms with Crippen molar-refractivity contribution in [3.63, 3.8) is 0 Å². The number of alkyl halides is 1. The van der Waals surface area contributed by atoms with Gasteiger partial charge in [-0.3, -0.25) is 9.59 Å². The number of imide groups is 1. The van der Waals surface area contributed by atoms with Crippen molar-refractivity contribution in [1.29, 1.82) is 0 Å². The molecule has 0 aromatic heterocycles. The van der Waals surface area contributed by atoms with Crippen LogP contribution in [0, 0.1) is 25.7 Å². The third kappa shape index (κ3) is 2.95. The van der Waals surface area contributed by atoms with E-state index in [0.29, 0.717) is 11.4 Å². The van der Waals surface area contributed by atoms with Crippen LogP contribution in [0.2, 0.25) is 0 Å². The Bertz CT molecular complexity index is 1560. The van der Waals surface area contributed by atoms with Crippen molar-refractivity contribution in [3.8, 4) is 11.5 Å². The van der Waals surface area contributed by atoms with Crippen LogP contribution in [0.15, 0.2) is 91.0 Å². The molecule has 1 saturated heterocycles. The Morgan fingerprint density at radius 3 is 2.03 bits per heavy atom. The number of nitrogens with zero attached hydrogens (tertiary/aromatic N) is 1. The number of ether oxygens (including phenoxy) is 1. The highest BCUT2D eigenvalue weighted by molar-refractivity contribution is 9.09. The summed E-state index contributed by atoms with van der Waals surface area (Å²) in [4.78, 5) is 29.5. The van der Waals surface area contributed by atoms with Crippen LogP contribution in [0.5, 0.6) is 11.5 Å². The summed E-state index contributed by atoms with van der Waals surface area (Å²) < 4.78 is 5.36. The maximum absolute atomic E-state index is 14.1. The van der Waals surface area contributed by atoms with Crippen LogP contribution in [-0.2, 0) is 13.9 Å². The standard InChI is InChI=1S/C32H24BrNO3/c1-18-8-7-13-26(19(18)2)37-21-16-14-20(15-17-21)34-30(35)28-27-22-9-3-5-11-24(22)32(33,29(28)31(34)36)25-12-6-4-10-23(25)27/h3-17,27-29H,1-2H3/t27?,28-,29-,32?/m0/s1. The minimum atomic E-state index is -0.743. The lowest BCUT2D eigenvalue weighted by Crippen LogP contribution is -2.50. The second-order valence-electron chi connectivity index (χ2n) is 10.2. The van der Waals surface area contributed by atoms with Crippen LogP contribution in [0.1, 0.15) is 39.3 Å². The predicted octanol–water partition coefficient (Wildman–Crippen LogP) is 7.00. The van der Waals surface area contributed by atoms with E-state index in [-0.39, 0.29) is 17.7 Å². The molecular formula is C32H24BrNO3. The van der Waals surface area contributed by atoms with Gasteiger partial charge in [-0.1, -0.05) is 76.6 Å². The van der Waals surface area contributed by atoms with E-state index >= 15 is 0 Å². The first-order chi connectivity index (χ1) is 17.9. The first kappa shape index (κ1) is 22.5. The zero-order valence-corrected chi connectivity index (χ0v) is 22.0. The van der Waals surface area contributed by atoms with Crippen LogP contribution >= 0.6 is 15.9 Å². The fraction of sp³-hybridized carbons (Fsp3) is 0.188. The van der Waals surface area contributed by atoms with Crippen molar-refractivity contribution in [2.45, 2.75) is 24.1 Å².